The number of piperidine rings is 1. The van der Waals surface area contributed by atoms with E-state index < -0.39 is 4.92 Å². The summed E-state index contributed by atoms with van der Waals surface area (Å²) in [7, 11) is 0. The Hall–Kier alpha value is -3.09. The molecule has 2 aromatic rings. The maximum absolute atomic E-state index is 12.7. The summed E-state index contributed by atoms with van der Waals surface area (Å²) >= 11 is 0. The zero-order chi connectivity index (χ0) is 20.2. The van der Waals surface area contributed by atoms with Crippen LogP contribution in [-0.4, -0.2) is 37.0 Å². The maximum atomic E-state index is 12.7. The number of anilines is 3. The summed E-state index contributed by atoms with van der Waals surface area (Å²) in [6.07, 6.45) is 5.59. The molecule has 0 radical (unpaired) electrons. The molecule has 0 saturated carbocycles. The highest BCUT2D eigenvalue weighted by Crippen LogP contribution is 2.32. The van der Waals surface area contributed by atoms with Crippen LogP contribution in [0.2, 0.25) is 0 Å². The van der Waals surface area contributed by atoms with Crippen LogP contribution in [0, 0.1) is 10.1 Å². The first-order valence-corrected chi connectivity index (χ1v) is 10.3. The number of benzene rings is 2. The molecule has 1 amide bonds. The van der Waals surface area contributed by atoms with Gasteiger partial charge in [-0.05, 0) is 62.4 Å². The Morgan fingerprint density at radius 3 is 2.31 bits per heavy atom. The van der Waals surface area contributed by atoms with E-state index in [9.17, 15) is 14.9 Å². The second-order valence-electron chi connectivity index (χ2n) is 7.71. The summed E-state index contributed by atoms with van der Waals surface area (Å²) in [5.74, 6) is -0.336. The molecular formula is C22H26N4O3. The van der Waals surface area contributed by atoms with Gasteiger partial charge in [0.05, 0.1) is 4.92 Å². The summed E-state index contributed by atoms with van der Waals surface area (Å²) in [6, 6.07) is 12.5. The Bertz CT molecular complexity index is 903. The lowest BCUT2D eigenvalue weighted by Gasteiger charge is -2.28. The largest absolute Gasteiger partial charge is 0.371 e. The van der Waals surface area contributed by atoms with Crippen molar-refractivity contribution >= 4 is 28.7 Å². The number of nitrogens with one attached hydrogen (secondary N) is 1. The maximum Gasteiger partial charge on any atom is 0.293 e. The zero-order valence-electron chi connectivity index (χ0n) is 16.5. The van der Waals surface area contributed by atoms with E-state index in [1.807, 2.05) is 29.2 Å². The van der Waals surface area contributed by atoms with Crippen LogP contribution in [0.25, 0.3) is 0 Å². The Morgan fingerprint density at radius 2 is 1.59 bits per heavy atom. The van der Waals surface area contributed by atoms with E-state index in [2.05, 4.69) is 10.2 Å². The fourth-order valence-electron chi connectivity index (χ4n) is 4.17. The van der Waals surface area contributed by atoms with Crippen molar-refractivity contribution < 1.29 is 9.72 Å². The number of carbonyl (C=O) groups excluding carboxylic acids is 1. The van der Waals surface area contributed by atoms with Crippen LogP contribution in [0.4, 0.5) is 22.7 Å². The fourth-order valence-corrected chi connectivity index (χ4v) is 4.17. The lowest BCUT2D eigenvalue weighted by Crippen LogP contribution is -2.30. The van der Waals surface area contributed by atoms with Crippen LogP contribution in [0.3, 0.4) is 0 Å². The van der Waals surface area contributed by atoms with E-state index in [1.54, 1.807) is 12.1 Å². The Morgan fingerprint density at radius 1 is 0.897 bits per heavy atom. The first-order chi connectivity index (χ1) is 14.1. The van der Waals surface area contributed by atoms with Crippen LogP contribution in [-0.2, 0) is 0 Å². The minimum atomic E-state index is -0.394. The third-order valence-corrected chi connectivity index (χ3v) is 5.71. The third kappa shape index (κ3) is 4.34. The fraction of sp³-hybridized carbons (Fsp3) is 0.409. The SMILES string of the molecule is O=C(Nc1cccc(N2CCCC2)c1)c1ccc(N2CCCCC2)c([N+](=O)[O-])c1. The zero-order valence-corrected chi connectivity index (χ0v) is 16.5. The molecule has 2 saturated heterocycles. The van der Waals surface area contributed by atoms with E-state index in [-0.39, 0.29) is 11.6 Å². The van der Waals surface area contributed by atoms with E-state index in [4.69, 9.17) is 0 Å². The van der Waals surface area contributed by atoms with Gasteiger partial charge in [-0.2, -0.15) is 0 Å². The molecule has 4 rings (SSSR count). The van der Waals surface area contributed by atoms with Crippen molar-refractivity contribution in [2.75, 3.05) is 41.3 Å². The second-order valence-corrected chi connectivity index (χ2v) is 7.71. The highest BCUT2D eigenvalue weighted by Gasteiger charge is 2.23. The summed E-state index contributed by atoms with van der Waals surface area (Å²) in [6.45, 7) is 3.69. The quantitative estimate of drug-likeness (QED) is 0.599. The molecule has 2 aliphatic heterocycles. The lowest BCUT2D eigenvalue weighted by molar-refractivity contribution is -0.384. The number of nitrogens with zero attached hydrogens (tertiary/aromatic N) is 3. The van der Waals surface area contributed by atoms with E-state index in [0.29, 0.717) is 16.9 Å². The van der Waals surface area contributed by atoms with Gasteiger partial charge in [-0.25, -0.2) is 0 Å². The molecule has 2 heterocycles. The van der Waals surface area contributed by atoms with Crippen LogP contribution in [0.5, 0.6) is 0 Å². The first-order valence-electron chi connectivity index (χ1n) is 10.3. The molecule has 2 fully saturated rings. The predicted molar refractivity (Wildman–Crippen MR) is 115 cm³/mol. The number of nitro benzene ring substituents is 1. The van der Waals surface area contributed by atoms with Gasteiger partial charge in [-0.1, -0.05) is 6.07 Å². The summed E-state index contributed by atoms with van der Waals surface area (Å²) in [4.78, 5) is 28.3. The standard InChI is InChI=1S/C22H26N4O3/c27-22(23-18-7-6-8-19(16-18)24-11-4-5-12-24)17-9-10-20(21(15-17)26(28)29)25-13-2-1-3-14-25/h6-10,15-16H,1-5,11-14H2,(H,23,27). The summed E-state index contributed by atoms with van der Waals surface area (Å²) in [5.41, 5.74) is 2.67. The third-order valence-electron chi connectivity index (χ3n) is 5.71. The number of hydrogen-bond acceptors (Lipinski definition) is 5. The molecule has 0 unspecified atom stereocenters. The molecule has 0 spiro atoms. The van der Waals surface area contributed by atoms with E-state index >= 15 is 0 Å². The molecule has 2 aromatic carbocycles. The van der Waals surface area contributed by atoms with Crippen LogP contribution < -0.4 is 15.1 Å². The molecule has 152 valence electrons. The second kappa shape index (κ2) is 8.51. The molecule has 0 bridgehead atoms. The molecule has 7 heteroatoms. The van der Waals surface area contributed by atoms with Crippen molar-refractivity contribution in [1.82, 2.24) is 0 Å². The molecule has 0 aromatic heterocycles. The molecule has 0 aliphatic carbocycles. The van der Waals surface area contributed by atoms with Gasteiger partial charge in [0, 0.05) is 49.2 Å². The molecule has 29 heavy (non-hydrogen) atoms. The number of carbonyl (C=O) groups is 1. The van der Waals surface area contributed by atoms with Gasteiger partial charge >= 0.3 is 0 Å². The first kappa shape index (κ1) is 19.2. The number of amides is 1. The number of nitro groups is 1. The highest BCUT2D eigenvalue weighted by molar-refractivity contribution is 6.05. The minimum absolute atomic E-state index is 0.00892. The van der Waals surface area contributed by atoms with Crippen molar-refractivity contribution in [3.63, 3.8) is 0 Å². The van der Waals surface area contributed by atoms with Gasteiger partial charge in [0.15, 0.2) is 0 Å². The molecular weight excluding hydrogens is 368 g/mol. The highest BCUT2D eigenvalue weighted by atomic mass is 16.6. The van der Waals surface area contributed by atoms with E-state index in [1.165, 1.54) is 18.9 Å². The van der Waals surface area contributed by atoms with E-state index in [0.717, 1.165) is 51.1 Å². The van der Waals surface area contributed by atoms with Gasteiger partial charge in [0.1, 0.15) is 5.69 Å². The minimum Gasteiger partial charge on any atom is -0.371 e. The van der Waals surface area contributed by atoms with Crippen LogP contribution >= 0.6 is 0 Å². The van der Waals surface area contributed by atoms with Crippen molar-refractivity contribution in [3.8, 4) is 0 Å². The van der Waals surface area contributed by atoms with Crippen molar-refractivity contribution in [3.05, 3.63) is 58.1 Å². The average molecular weight is 394 g/mol. The number of hydrogen-bond donors (Lipinski definition) is 1. The Kier molecular flexibility index (Phi) is 5.64. The van der Waals surface area contributed by atoms with Crippen LogP contribution in [0.1, 0.15) is 42.5 Å². The smallest absolute Gasteiger partial charge is 0.293 e. The van der Waals surface area contributed by atoms with Crippen LogP contribution in [0.15, 0.2) is 42.5 Å². The number of rotatable bonds is 5. The predicted octanol–water partition coefficient (Wildman–Crippen LogP) is 4.44. The molecule has 7 nitrogen and oxygen atoms in total. The van der Waals surface area contributed by atoms with Crippen molar-refractivity contribution in [2.24, 2.45) is 0 Å². The average Bonchev–Trinajstić information content (AvgIpc) is 3.29. The Balaban J connectivity index is 1.53. The monoisotopic (exact) mass is 394 g/mol. The summed E-state index contributed by atoms with van der Waals surface area (Å²) in [5, 5.41) is 14.5. The topological polar surface area (TPSA) is 78.7 Å². The van der Waals surface area contributed by atoms with Gasteiger partial charge in [-0.15, -0.1) is 0 Å². The Labute approximate surface area is 170 Å². The lowest BCUT2D eigenvalue weighted by atomic mass is 10.1. The summed E-state index contributed by atoms with van der Waals surface area (Å²) < 4.78 is 0. The molecule has 1 N–H and O–H groups in total. The van der Waals surface area contributed by atoms with Gasteiger partial charge in [0.25, 0.3) is 11.6 Å². The molecule has 2 aliphatic rings. The van der Waals surface area contributed by atoms with Gasteiger partial charge < -0.3 is 15.1 Å². The van der Waals surface area contributed by atoms with Crippen molar-refractivity contribution in [2.45, 2.75) is 32.1 Å². The normalized spacial score (nSPS) is 16.7. The van der Waals surface area contributed by atoms with Gasteiger partial charge in [-0.3, -0.25) is 14.9 Å². The van der Waals surface area contributed by atoms with Gasteiger partial charge in [0.2, 0.25) is 0 Å². The van der Waals surface area contributed by atoms with Crippen molar-refractivity contribution in [1.29, 1.82) is 0 Å². The molecule has 0 atom stereocenters.